The minimum absolute atomic E-state index is 0.0581. The number of carbonyl (C=O) groups excluding carboxylic acids is 1. The van der Waals surface area contributed by atoms with Gasteiger partial charge in [0.2, 0.25) is 5.75 Å². The largest absolute Gasteiger partial charge is 0.493 e. The number of likely N-dealkylation sites (tertiary alicyclic amines) is 1. The number of aryl methyl sites for hydroxylation is 1. The molecule has 3 aromatic rings. The average Bonchev–Trinajstić information content (AvgIpc) is 3.38. The zero-order valence-electron chi connectivity index (χ0n) is 19.7. The first-order chi connectivity index (χ1) is 16.6. The van der Waals surface area contributed by atoms with Gasteiger partial charge < -0.3 is 23.8 Å². The molecule has 2 aliphatic heterocycles. The molecule has 1 amide bonds. The second-order valence-corrected chi connectivity index (χ2v) is 8.77. The smallest absolute Gasteiger partial charge is 0.271 e. The van der Waals surface area contributed by atoms with E-state index >= 15 is 0 Å². The van der Waals surface area contributed by atoms with Crippen molar-refractivity contribution in [3.05, 3.63) is 53.7 Å². The fourth-order valence-electron chi connectivity index (χ4n) is 4.90. The predicted molar refractivity (Wildman–Crippen MR) is 127 cm³/mol. The molecule has 1 aromatic heterocycles. The molecule has 2 aromatic carbocycles. The first kappa shape index (κ1) is 22.1. The Kier molecular flexibility index (Phi) is 5.81. The summed E-state index contributed by atoms with van der Waals surface area (Å²) in [6.07, 6.45) is 3.64. The van der Waals surface area contributed by atoms with Crippen molar-refractivity contribution in [3.8, 4) is 34.3 Å². The van der Waals surface area contributed by atoms with Crippen LogP contribution in [-0.4, -0.2) is 61.0 Å². The van der Waals surface area contributed by atoms with E-state index in [4.69, 9.17) is 18.9 Å². The van der Waals surface area contributed by atoms with Gasteiger partial charge in [-0.2, -0.15) is 5.10 Å². The highest BCUT2D eigenvalue weighted by molar-refractivity contribution is 5.93. The van der Waals surface area contributed by atoms with Crippen LogP contribution in [0.15, 0.2) is 42.5 Å². The maximum absolute atomic E-state index is 13.2. The van der Waals surface area contributed by atoms with E-state index in [9.17, 15) is 4.79 Å². The summed E-state index contributed by atoms with van der Waals surface area (Å²) in [5, 5.41) is 7.27. The van der Waals surface area contributed by atoms with E-state index in [2.05, 4.69) is 22.3 Å². The monoisotopic (exact) mass is 463 g/mol. The van der Waals surface area contributed by atoms with E-state index in [0.29, 0.717) is 41.7 Å². The van der Waals surface area contributed by atoms with Crippen molar-refractivity contribution < 1.29 is 23.7 Å². The molecular weight excluding hydrogens is 434 g/mol. The van der Waals surface area contributed by atoms with Crippen LogP contribution < -0.4 is 18.9 Å². The number of rotatable bonds is 5. The van der Waals surface area contributed by atoms with Gasteiger partial charge in [-0.25, -0.2) is 0 Å². The van der Waals surface area contributed by atoms with Crippen molar-refractivity contribution >= 4 is 5.91 Å². The fourth-order valence-corrected chi connectivity index (χ4v) is 4.90. The number of aromatic nitrogens is 2. The summed E-state index contributed by atoms with van der Waals surface area (Å²) in [7, 11) is 4.70. The SMILES string of the molecule is COc1cc(-c2cc(C(=O)N3CCC4(CCc5ccccc5O4)CC3)[nH]n2)cc(OC)c1OC. The molecule has 178 valence electrons. The molecule has 1 saturated heterocycles. The quantitative estimate of drug-likeness (QED) is 0.613. The van der Waals surface area contributed by atoms with Crippen molar-refractivity contribution in [1.29, 1.82) is 0 Å². The first-order valence-corrected chi connectivity index (χ1v) is 11.5. The summed E-state index contributed by atoms with van der Waals surface area (Å²) in [6.45, 7) is 1.30. The van der Waals surface area contributed by atoms with Crippen molar-refractivity contribution in [1.82, 2.24) is 15.1 Å². The van der Waals surface area contributed by atoms with Crippen molar-refractivity contribution in [2.24, 2.45) is 0 Å². The van der Waals surface area contributed by atoms with Gasteiger partial charge in [0.15, 0.2) is 11.5 Å². The number of carbonyl (C=O) groups is 1. The van der Waals surface area contributed by atoms with Gasteiger partial charge in [0.05, 0.1) is 27.0 Å². The Morgan fingerprint density at radius 3 is 2.38 bits per heavy atom. The number of nitrogens with one attached hydrogen (secondary N) is 1. The summed E-state index contributed by atoms with van der Waals surface area (Å²) in [6, 6.07) is 13.6. The molecule has 0 unspecified atom stereocenters. The lowest BCUT2D eigenvalue weighted by Crippen LogP contribution is -2.51. The standard InChI is InChI=1S/C26H29N3O5/c1-31-22-14-18(15-23(32-2)24(22)33-3)19-16-20(28-27-19)25(30)29-12-10-26(11-13-29)9-8-17-6-4-5-7-21(17)34-26/h4-7,14-16H,8-13H2,1-3H3,(H,27,28). The van der Waals surface area contributed by atoms with Gasteiger partial charge >= 0.3 is 0 Å². The molecule has 8 nitrogen and oxygen atoms in total. The van der Waals surface area contributed by atoms with Crippen LogP contribution in [0.4, 0.5) is 0 Å². The average molecular weight is 464 g/mol. The third-order valence-corrected chi connectivity index (χ3v) is 6.88. The number of hydrogen-bond acceptors (Lipinski definition) is 6. The zero-order chi connectivity index (χ0) is 23.7. The van der Waals surface area contributed by atoms with Crippen LogP contribution in [0.2, 0.25) is 0 Å². The predicted octanol–water partition coefficient (Wildman–Crippen LogP) is 4.10. The topological polar surface area (TPSA) is 85.9 Å². The highest BCUT2D eigenvalue weighted by atomic mass is 16.5. The number of hydrogen-bond donors (Lipinski definition) is 1. The van der Waals surface area contributed by atoms with Gasteiger partial charge in [-0.3, -0.25) is 9.89 Å². The lowest BCUT2D eigenvalue weighted by atomic mass is 9.83. The van der Waals surface area contributed by atoms with Crippen LogP contribution >= 0.6 is 0 Å². The van der Waals surface area contributed by atoms with Gasteiger partial charge in [-0.1, -0.05) is 18.2 Å². The van der Waals surface area contributed by atoms with Crippen LogP contribution in [0.1, 0.15) is 35.3 Å². The van der Waals surface area contributed by atoms with Gasteiger partial charge in [-0.05, 0) is 42.7 Å². The van der Waals surface area contributed by atoms with Gasteiger partial charge in [0.1, 0.15) is 17.0 Å². The zero-order valence-corrected chi connectivity index (χ0v) is 19.7. The summed E-state index contributed by atoms with van der Waals surface area (Å²) in [5.74, 6) is 2.50. The number of benzene rings is 2. The third kappa shape index (κ3) is 3.93. The summed E-state index contributed by atoms with van der Waals surface area (Å²) in [4.78, 5) is 15.1. The summed E-state index contributed by atoms with van der Waals surface area (Å²) < 4.78 is 22.7. The number of ether oxygens (including phenoxy) is 4. The number of aromatic amines is 1. The van der Waals surface area contributed by atoms with Gasteiger partial charge in [0.25, 0.3) is 5.91 Å². The second kappa shape index (κ2) is 8.93. The number of piperidine rings is 1. The minimum Gasteiger partial charge on any atom is -0.493 e. The van der Waals surface area contributed by atoms with Crippen LogP contribution in [0.25, 0.3) is 11.3 Å². The van der Waals surface area contributed by atoms with Crippen molar-refractivity contribution in [2.45, 2.75) is 31.3 Å². The van der Waals surface area contributed by atoms with Gasteiger partial charge in [-0.15, -0.1) is 0 Å². The second-order valence-electron chi connectivity index (χ2n) is 8.77. The Labute approximate surface area is 198 Å². The molecule has 0 atom stereocenters. The number of methoxy groups -OCH3 is 3. The molecule has 0 bridgehead atoms. The Morgan fingerprint density at radius 1 is 1.00 bits per heavy atom. The van der Waals surface area contributed by atoms with Crippen molar-refractivity contribution in [3.63, 3.8) is 0 Å². The Hall–Kier alpha value is -3.68. The fraction of sp³-hybridized carbons (Fsp3) is 0.385. The van der Waals surface area contributed by atoms with Gasteiger partial charge in [0, 0.05) is 31.5 Å². The normalized spacial score (nSPS) is 16.5. The molecule has 1 spiro atoms. The Morgan fingerprint density at radius 2 is 1.71 bits per heavy atom. The van der Waals surface area contributed by atoms with E-state index < -0.39 is 0 Å². The lowest BCUT2D eigenvalue weighted by molar-refractivity contribution is -0.0108. The maximum atomic E-state index is 13.2. The molecular formula is C26H29N3O5. The number of H-pyrrole nitrogens is 1. The molecule has 0 aliphatic carbocycles. The molecule has 2 aliphatic rings. The molecule has 1 N–H and O–H groups in total. The highest BCUT2D eigenvalue weighted by Crippen LogP contribution is 2.41. The molecule has 8 heteroatoms. The summed E-state index contributed by atoms with van der Waals surface area (Å²) >= 11 is 0. The number of fused-ring (bicyclic) bond motifs is 1. The van der Waals surface area contributed by atoms with E-state index in [1.807, 2.05) is 29.2 Å². The van der Waals surface area contributed by atoms with Crippen LogP contribution in [0, 0.1) is 0 Å². The Bertz CT molecular complexity index is 1170. The van der Waals surface area contributed by atoms with Crippen LogP contribution in [-0.2, 0) is 6.42 Å². The van der Waals surface area contributed by atoms with E-state index in [1.165, 1.54) is 5.56 Å². The van der Waals surface area contributed by atoms with E-state index in [0.717, 1.165) is 37.0 Å². The molecule has 0 radical (unpaired) electrons. The number of para-hydroxylation sites is 1. The third-order valence-electron chi connectivity index (χ3n) is 6.88. The molecule has 0 saturated carbocycles. The molecule has 3 heterocycles. The van der Waals surface area contributed by atoms with Crippen LogP contribution in [0.3, 0.4) is 0 Å². The Balaban J connectivity index is 1.29. The number of amides is 1. The highest BCUT2D eigenvalue weighted by Gasteiger charge is 2.40. The van der Waals surface area contributed by atoms with Crippen molar-refractivity contribution in [2.75, 3.05) is 34.4 Å². The van der Waals surface area contributed by atoms with Crippen LogP contribution in [0.5, 0.6) is 23.0 Å². The lowest BCUT2D eigenvalue weighted by Gasteiger charge is -2.44. The minimum atomic E-state index is -0.180. The molecule has 34 heavy (non-hydrogen) atoms. The molecule has 5 rings (SSSR count). The number of nitrogens with zero attached hydrogens (tertiary/aromatic N) is 2. The summed E-state index contributed by atoms with van der Waals surface area (Å²) in [5.41, 5.74) is 2.93. The van der Waals surface area contributed by atoms with E-state index in [1.54, 1.807) is 27.4 Å². The maximum Gasteiger partial charge on any atom is 0.271 e. The first-order valence-electron chi connectivity index (χ1n) is 11.5. The van der Waals surface area contributed by atoms with E-state index in [-0.39, 0.29) is 11.5 Å². The molecule has 1 fully saturated rings.